The Labute approximate surface area is 92.6 Å². The van der Waals surface area contributed by atoms with Gasteiger partial charge in [0.2, 0.25) is 0 Å². The van der Waals surface area contributed by atoms with Crippen molar-refractivity contribution in [1.82, 2.24) is 0 Å². The molecule has 5 nitrogen and oxygen atoms in total. The second kappa shape index (κ2) is 4.65. The summed E-state index contributed by atoms with van der Waals surface area (Å²) in [5.41, 5.74) is 0.127. The minimum Gasteiger partial charge on any atom is -0.504 e. The van der Waals surface area contributed by atoms with Crippen LogP contribution in [0.3, 0.4) is 0 Å². The Morgan fingerprint density at radius 3 is 2.31 bits per heavy atom. The van der Waals surface area contributed by atoms with Crippen molar-refractivity contribution >= 4 is 11.5 Å². The highest BCUT2D eigenvalue weighted by molar-refractivity contribution is 6.46. The van der Waals surface area contributed by atoms with Gasteiger partial charge < -0.3 is 15.4 Å². The summed E-state index contributed by atoms with van der Waals surface area (Å²) in [6, 6.07) is 3.79. The van der Waals surface area contributed by atoms with E-state index in [0.717, 1.165) is 0 Å². The lowest BCUT2D eigenvalue weighted by Crippen LogP contribution is -2.20. The van der Waals surface area contributed by atoms with E-state index in [9.17, 15) is 9.90 Å². The fourth-order valence-corrected chi connectivity index (χ4v) is 1.19. The molecule has 5 heteroatoms. The molecule has 0 heterocycles. The maximum absolute atomic E-state index is 11.6. The number of hydrogen-bond donors (Lipinski definition) is 3. The molecule has 0 spiro atoms. The van der Waals surface area contributed by atoms with E-state index in [-0.39, 0.29) is 34.5 Å². The Bertz CT molecular complexity index is 438. The van der Waals surface area contributed by atoms with Gasteiger partial charge in [0.1, 0.15) is 0 Å². The third-order valence-corrected chi connectivity index (χ3v) is 2.11. The first-order valence-electron chi connectivity index (χ1n) is 4.76. The van der Waals surface area contributed by atoms with Crippen molar-refractivity contribution in [2.45, 2.75) is 13.8 Å². The number of nitrogens with zero attached hydrogens (tertiary/aromatic N) is 1. The van der Waals surface area contributed by atoms with Crippen LogP contribution in [0.5, 0.6) is 11.5 Å². The van der Waals surface area contributed by atoms with Crippen LogP contribution in [0, 0.1) is 5.92 Å². The molecule has 3 N–H and O–H groups in total. The largest absolute Gasteiger partial charge is 0.504 e. The summed E-state index contributed by atoms with van der Waals surface area (Å²) in [5, 5.41) is 30.1. The number of aromatic hydroxyl groups is 2. The zero-order valence-electron chi connectivity index (χ0n) is 9.01. The van der Waals surface area contributed by atoms with E-state index < -0.39 is 0 Å². The number of phenolic OH excluding ortho intramolecular Hbond substituents is 2. The standard InChI is InChI=1S/C11H13NO4/c1-6(2)11(15)10(12-16)7-3-4-8(13)9(14)5-7/h3-6,13-14,16H,1-2H3/b12-10-. The molecule has 0 aliphatic heterocycles. The number of carbonyl (C=O) groups excluding carboxylic acids is 1. The summed E-state index contributed by atoms with van der Waals surface area (Å²) in [6.45, 7) is 3.35. The van der Waals surface area contributed by atoms with E-state index in [1.54, 1.807) is 13.8 Å². The van der Waals surface area contributed by atoms with Crippen molar-refractivity contribution in [2.75, 3.05) is 0 Å². The maximum Gasteiger partial charge on any atom is 0.187 e. The SMILES string of the molecule is CC(C)C(=O)/C(=N\O)c1ccc(O)c(O)c1. The molecule has 0 atom stereocenters. The molecule has 0 radical (unpaired) electrons. The first kappa shape index (κ1) is 12.0. The monoisotopic (exact) mass is 223 g/mol. The molecule has 0 aliphatic carbocycles. The Hall–Kier alpha value is -2.04. The van der Waals surface area contributed by atoms with Gasteiger partial charge in [-0.25, -0.2) is 0 Å². The Balaban J connectivity index is 3.16. The summed E-state index contributed by atoms with van der Waals surface area (Å²) < 4.78 is 0. The van der Waals surface area contributed by atoms with Gasteiger partial charge >= 0.3 is 0 Å². The minimum absolute atomic E-state index is 0.134. The first-order valence-corrected chi connectivity index (χ1v) is 4.76. The number of hydrogen-bond acceptors (Lipinski definition) is 5. The van der Waals surface area contributed by atoms with E-state index in [1.807, 2.05) is 0 Å². The van der Waals surface area contributed by atoms with Crippen LogP contribution in [0.2, 0.25) is 0 Å². The van der Waals surface area contributed by atoms with Gasteiger partial charge in [0.15, 0.2) is 23.0 Å². The van der Waals surface area contributed by atoms with E-state index in [4.69, 9.17) is 10.3 Å². The number of rotatable bonds is 3. The van der Waals surface area contributed by atoms with E-state index in [2.05, 4.69) is 5.16 Å². The topological polar surface area (TPSA) is 90.1 Å². The van der Waals surface area contributed by atoms with Gasteiger partial charge in [0.25, 0.3) is 0 Å². The van der Waals surface area contributed by atoms with Crippen LogP contribution in [-0.2, 0) is 4.79 Å². The zero-order valence-corrected chi connectivity index (χ0v) is 9.01. The van der Waals surface area contributed by atoms with Crippen LogP contribution in [0.15, 0.2) is 23.4 Å². The average Bonchev–Trinajstić information content (AvgIpc) is 2.24. The number of ketones is 1. The summed E-state index contributed by atoms with van der Waals surface area (Å²) in [4.78, 5) is 11.6. The van der Waals surface area contributed by atoms with Gasteiger partial charge in [-0.2, -0.15) is 0 Å². The number of phenols is 2. The van der Waals surface area contributed by atoms with Crippen molar-refractivity contribution in [1.29, 1.82) is 0 Å². The lowest BCUT2D eigenvalue weighted by atomic mass is 9.98. The second-order valence-corrected chi connectivity index (χ2v) is 3.67. The molecule has 0 unspecified atom stereocenters. The fraction of sp³-hybridized carbons (Fsp3) is 0.273. The second-order valence-electron chi connectivity index (χ2n) is 3.67. The van der Waals surface area contributed by atoms with Crippen molar-refractivity contribution in [2.24, 2.45) is 11.1 Å². The number of benzene rings is 1. The quantitative estimate of drug-likeness (QED) is 0.313. The molecule has 0 saturated heterocycles. The lowest BCUT2D eigenvalue weighted by molar-refractivity contribution is -0.115. The fourth-order valence-electron chi connectivity index (χ4n) is 1.19. The van der Waals surface area contributed by atoms with Gasteiger partial charge in [0.05, 0.1) is 0 Å². The molecule has 0 aliphatic rings. The molecule has 0 saturated carbocycles. The summed E-state index contributed by atoms with van der Waals surface area (Å²) >= 11 is 0. The van der Waals surface area contributed by atoms with E-state index in [0.29, 0.717) is 0 Å². The van der Waals surface area contributed by atoms with Crippen LogP contribution in [0.25, 0.3) is 0 Å². The predicted molar refractivity (Wildman–Crippen MR) is 57.9 cm³/mol. The molecule has 0 bridgehead atoms. The maximum atomic E-state index is 11.6. The Morgan fingerprint density at radius 1 is 1.25 bits per heavy atom. The van der Waals surface area contributed by atoms with Crippen molar-refractivity contribution in [3.63, 3.8) is 0 Å². The average molecular weight is 223 g/mol. The zero-order chi connectivity index (χ0) is 12.3. The predicted octanol–water partition coefficient (Wildman–Crippen LogP) is 1.50. The van der Waals surface area contributed by atoms with Crippen LogP contribution in [-0.4, -0.2) is 26.9 Å². The smallest absolute Gasteiger partial charge is 0.187 e. The Kier molecular flexibility index (Phi) is 3.50. The molecule has 16 heavy (non-hydrogen) atoms. The van der Waals surface area contributed by atoms with Crippen LogP contribution >= 0.6 is 0 Å². The normalized spacial score (nSPS) is 11.8. The number of Topliss-reactive ketones (excluding diaryl/α,β-unsaturated/α-hetero) is 1. The highest BCUT2D eigenvalue weighted by Gasteiger charge is 2.19. The van der Waals surface area contributed by atoms with E-state index in [1.165, 1.54) is 18.2 Å². The van der Waals surface area contributed by atoms with Crippen molar-refractivity contribution in [3.05, 3.63) is 23.8 Å². The van der Waals surface area contributed by atoms with Gasteiger partial charge in [-0.3, -0.25) is 4.79 Å². The first-order chi connectivity index (χ1) is 7.47. The third-order valence-electron chi connectivity index (χ3n) is 2.11. The van der Waals surface area contributed by atoms with Gasteiger partial charge in [-0.05, 0) is 18.2 Å². The lowest BCUT2D eigenvalue weighted by Gasteiger charge is -2.07. The summed E-state index contributed by atoms with van der Waals surface area (Å²) in [7, 11) is 0. The highest BCUT2D eigenvalue weighted by atomic mass is 16.4. The summed E-state index contributed by atoms with van der Waals surface area (Å²) in [5.74, 6) is -1.32. The number of oxime groups is 1. The van der Waals surface area contributed by atoms with Crippen LogP contribution in [0.1, 0.15) is 19.4 Å². The molecule has 0 amide bonds. The molecule has 0 fully saturated rings. The van der Waals surface area contributed by atoms with E-state index >= 15 is 0 Å². The molecule has 1 aromatic rings. The number of carbonyl (C=O) groups is 1. The van der Waals surface area contributed by atoms with Crippen molar-refractivity contribution < 1.29 is 20.2 Å². The highest BCUT2D eigenvalue weighted by Crippen LogP contribution is 2.25. The molecule has 0 aromatic heterocycles. The molecular formula is C11H13NO4. The Morgan fingerprint density at radius 2 is 1.88 bits per heavy atom. The molecule has 86 valence electrons. The summed E-state index contributed by atoms with van der Waals surface area (Å²) in [6.07, 6.45) is 0. The molecule has 1 aromatic carbocycles. The molecular weight excluding hydrogens is 210 g/mol. The van der Waals surface area contributed by atoms with Gasteiger partial charge in [-0.15, -0.1) is 0 Å². The van der Waals surface area contributed by atoms with Crippen LogP contribution < -0.4 is 0 Å². The van der Waals surface area contributed by atoms with Crippen LogP contribution in [0.4, 0.5) is 0 Å². The minimum atomic E-state index is -0.366. The van der Waals surface area contributed by atoms with Crippen molar-refractivity contribution in [3.8, 4) is 11.5 Å². The van der Waals surface area contributed by atoms with Gasteiger partial charge in [-0.1, -0.05) is 19.0 Å². The third kappa shape index (κ3) is 2.31. The molecule has 1 rings (SSSR count). The van der Waals surface area contributed by atoms with Gasteiger partial charge in [0, 0.05) is 11.5 Å².